The van der Waals surface area contributed by atoms with E-state index in [1.54, 1.807) is 6.92 Å². The van der Waals surface area contributed by atoms with Crippen molar-refractivity contribution in [2.24, 2.45) is 17.3 Å². The van der Waals surface area contributed by atoms with E-state index >= 15 is 0 Å². The average molecular weight is 601 g/mol. The molecular weight excluding hydrogens is 572 g/mol. The second kappa shape index (κ2) is 10.6. The Bertz CT molecular complexity index is 1320. The summed E-state index contributed by atoms with van der Waals surface area (Å²) in [5, 5.41) is 13.5. The Hall–Kier alpha value is -2.66. The number of hydrogen-bond donors (Lipinski definition) is 1. The number of halogens is 5. The van der Waals surface area contributed by atoms with E-state index in [-0.39, 0.29) is 47.2 Å². The van der Waals surface area contributed by atoms with E-state index in [4.69, 9.17) is 23.2 Å². The summed E-state index contributed by atoms with van der Waals surface area (Å²) in [6.45, 7) is 1.10. The number of fused-ring (bicyclic) bond motifs is 2. The minimum Gasteiger partial charge on any atom is -0.481 e. The van der Waals surface area contributed by atoms with Crippen LogP contribution in [0, 0.1) is 17.3 Å². The molecule has 0 radical (unpaired) electrons. The molecule has 2 heterocycles. The fourth-order valence-electron chi connectivity index (χ4n) is 6.78. The van der Waals surface area contributed by atoms with Gasteiger partial charge in [-0.25, -0.2) is 0 Å². The monoisotopic (exact) mass is 600 g/mol. The van der Waals surface area contributed by atoms with Gasteiger partial charge in [-0.05, 0) is 63.7 Å². The minimum atomic E-state index is -4.91. The maximum atomic E-state index is 14.5. The van der Waals surface area contributed by atoms with E-state index in [1.165, 1.54) is 17.3 Å². The Labute approximate surface area is 238 Å². The second-order valence-electron chi connectivity index (χ2n) is 11.5. The van der Waals surface area contributed by atoms with E-state index in [1.807, 2.05) is 0 Å². The van der Waals surface area contributed by atoms with Gasteiger partial charge in [-0.15, -0.1) is 0 Å². The number of rotatable bonds is 7. The summed E-state index contributed by atoms with van der Waals surface area (Å²) in [6.07, 6.45) is 2.52. The van der Waals surface area contributed by atoms with Gasteiger partial charge >= 0.3 is 12.1 Å². The van der Waals surface area contributed by atoms with Crippen LogP contribution in [0.4, 0.5) is 13.2 Å². The first-order valence-electron chi connectivity index (χ1n) is 13.3. The number of alkyl halides is 3. The maximum absolute atomic E-state index is 14.5. The van der Waals surface area contributed by atoms with Gasteiger partial charge in [-0.2, -0.15) is 18.3 Å². The Morgan fingerprint density at radius 3 is 2.25 bits per heavy atom. The zero-order valence-corrected chi connectivity index (χ0v) is 23.3. The molecule has 3 aliphatic carbocycles. The number of pyridine rings is 1. The SMILES string of the molecule is CC1(C(=O)O)CCC(n2ncc(C(=O)N(CC(=O)c3c(Cl)cncc3Cl)[C@@H]3C[C@@H]4CC[C@H]3C4)c2C(F)(F)F)CC1. The van der Waals surface area contributed by atoms with Gasteiger partial charge in [0.1, 0.15) is 0 Å². The highest BCUT2D eigenvalue weighted by atomic mass is 35.5. The zero-order chi connectivity index (χ0) is 29.0. The van der Waals surface area contributed by atoms with Crippen molar-refractivity contribution < 1.29 is 32.7 Å². The van der Waals surface area contributed by atoms with Gasteiger partial charge in [0.25, 0.3) is 5.91 Å². The number of carboxylic acid groups (broad SMARTS) is 1. The van der Waals surface area contributed by atoms with Crippen molar-refractivity contribution in [2.45, 2.75) is 76.6 Å². The van der Waals surface area contributed by atoms with Crippen molar-refractivity contribution in [3.05, 3.63) is 45.5 Å². The van der Waals surface area contributed by atoms with Crippen molar-refractivity contribution in [1.29, 1.82) is 0 Å². The van der Waals surface area contributed by atoms with Crippen LogP contribution in [0.25, 0.3) is 0 Å². The minimum absolute atomic E-state index is 0.00713. The third-order valence-electron chi connectivity index (χ3n) is 9.02. The molecule has 1 amide bonds. The number of amides is 1. The average Bonchev–Trinajstić information content (AvgIpc) is 3.63. The van der Waals surface area contributed by atoms with Crippen molar-refractivity contribution in [3.8, 4) is 0 Å². The van der Waals surface area contributed by atoms with Crippen LogP contribution in [0.15, 0.2) is 18.6 Å². The van der Waals surface area contributed by atoms with Gasteiger partial charge in [0.15, 0.2) is 11.5 Å². The van der Waals surface area contributed by atoms with Crippen LogP contribution < -0.4 is 0 Å². The van der Waals surface area contributed by atoms with Gasteiger partial charge in [0.05, 0.1) is 45.4 Å². The van der Waals surface area contributed by atoms with E-state index in [9.17, 15) is 32.7 Å². The molecule has 0 unspecified atom stereocenters. The van der Waals surface area contributed by atoms with Crippen molar-refractivity contribution in [2.75, 3.05) is 6.54 Å². The van der Waals surface area contributed by atoms with E-state index < -0.39 is 59.1 Å². The van der Waals surface area contributed by atoms with E-state index in [0.29, 0.717) is 12.3 Å². The zero-order valence-electron chi connectivity index (χ0n) is 21.8. The molecule has 0 aliphatic heterocycles. The first-order valence-corrected chi connectivity index (χ1v) is 14.1. The third-order valence-corrected chi connectivity index (χ3v) is 9.60. The van der Waals surface area contributed by atoms with Crippen molar-refractivity contribution in [3.63, 3.8) is 0 Å². The molecule has 2 bridgehead atoms. The predicted octanol–water partition coefficient (Wildman–Crippen LogP) is 6.32. The fraction of sp³-hybridized carbons (Fsp3) is 0.593. The summed E-state index contributed by atoms with van der Waals surface area (Å²) in [6, 6.07) is -1.11. The molecular formula is C27H29Cl2F3N4O4. The van der Waals surface area contributed by atoms with Crippen LogP contribution in [0.3, 0.4) is 0 Å². The molecule has 1 N–H and O–H groups in total. The lowest BCUT2D eigenvalue weighted by Gasteiger charge is -2.35. The summed E-state index contributed by atoms with van der Waals surface area (Å²) >= 11 is 12.3. The largest absolute Gasteiger partial charge is 0.481 e. The maximum Gasteiger partial charge on any atom is 0.433 e. The molecule has 3 fully saturated rings. The van der Waals surface area contributed by atoms with Gasteiger partial charge in [-0.1, -0.05) is 29.6 Å². The molecule has 3 saturated carbocycles. The molecule has 0 saturated heterocycles. The number of carbonyl (C=O) groups is 3. The highest BCUT2D eigenvalue weighted by Crippen LogP contribution is 2.48. The summed E-state index contributed by atoms with van der Waals surface area (Å²) in [4.78, 5) is 44.0. The molecule has 5 rings (SSSR count). The lowest BCUT2D eigenvalue weighted by Crippen LogP contribution is -2.46. The van der Waals surface area contributed by atoms with Crippen molar-refractivity contribution >= 4 is 40.9 Å². The Kier molecular flexibility index (Phi) is 7.67. The number of Topliss-reactive ketones (excluding diaryl/α,β-unsaturated/α-hetero) is 1. The molecule has 216 valence electrons. The molecule has 40 heavy (non-hydrogen) atoms. The first-order chi connectivity index (χ1) is 18.8. The summed E-state index contributed by atoms with van der Waals surface area (Å²) in [5.41, 5.74) is -2.85. The number of aromatic nitrogens is 3. The predicted molar refractivity (Wildman–Crippen MR) is 139 cm³/mol. The normalized spacial score (nSPS) is 28.1. The molecule has 2 aromatic rings. The van der Waals surface area contributed by atoms with E-state index in [0.717, 1.165) is 30.1 Å². The number of carboxylic acids is 1. The third kappa shape index (κ3) is 5.22. The van der Waals surface area contributed by atoms with Gasteiger partial charge in [-0.3, -0.25) is 24.0 Å². The molecule has 3 aliphatic rings. The molecule has 3 atom stereocenters. The number of ketones is 1. The summed E-state index contributed by atoms with van der Waals surface area (Å²) in [5.74, 6) is -2.06. The summed E-state index contributed by atoms with van der Waals surface area (Å²) in [7, 11) is 0. The van der Waals surface area contributed by atoms with Crippen LogP contribution in [0.2, 0.25) is 10.0 Å². The van der Waals surface area contributed by atoms with Crippen molar-refractivity contribution in [1.82, 2.24) is 19.7 Å². The van der Waals surface area contributed by atoms with E-state index in [2.05, 4.69) is 10.1 Å². The molecule has 8 nitrogen and oxygen atoms in total. The number of aliphatic carboxylic acids is 1. The molecule has 13 heteroatoms. The molecule has 2 aromatic heterocycles. The summed E-state index contributed by atoms with van der Waals surface area (Å²) < 4.78 is 44.4. The van der Waals surface area contributed by atoms with Crippen LogP contribution >= 0.6 is 23.2 Å². The Morgan fingerprint density at radius 2 is 1.73 bits per heavy atom. The number of carbonyl (C=O) groups excluding carboxylic acids is 2. The van der Waals surface area contributed by atoms with Crippen LogP contribution in [-0.4, -0.2) is 55.0 Å². The first kappa shape index (κ1) is 28.9. The number of hydrogen-bond acceptors (Lipinski definition) is 5. The van der Waals surface area contributed by atoms with Crippen LogP contribution in [0.1, 0.15) is 90.7 Å². The topological polar surface area (TPSA) is 105 Å². The second-order valence-corrected chi connectivity index (χ2v) is 12.3. The molecule has 0 aromatic carbocycles. The highest BCUT2D eigenvalue weighted by Gasteiger charge is 2.48. The fourth-order valence-corrected chi connectivity index (χ4v) is 7.35. The van der Waals surface area contributed by atoms with Crippen LogP contribution in [-0.2, 0) is 11.0 Å². The Morgan fingerprint density at radius 1 is 1.07 bits per heavy atom. The standard InChI is InChI=1S/C27H29Cl2F3N4O4/c1-26(25(39)40)6-4-16(5-7-26)36-23(27(30,31)32)17(10-34-36)24(38)35(20-9-14-2-3-15(20)8-14)13-21(37)22-18(28)11-33-12-19(22)29/h10-12,14-16,20H,2-9,13H2,1H3,(H,39,40)/t14-,15+,16?,20-,26?/m1/s1. The van der Waals surface area contributed by atoms with Gasteiger partial charge < -0.3 is 10.0 Å². The van der Waals surface area contributed by atoms with Gasteiger partial charge in [0.2, 0.25) is 0 Å². The smallest absolute Gasteiger partial charge is 0.433 e. The van der Waals surface area contributed by atoms with Gasteiger partial charge in [0, 0.05) is 18.4 Å². The van der Waals surface area contributed by atoms with Crippen LogP contribution in [0.5, 0.6) is 0 Å². The highest BCUT2D eigenvalue weighted by molar-refractivity contribution is 6.39. The lowest BCUT2D eigenvalue weighted by molar-refractivity contribution is -0.152. The quantitative estimate of drug-likeness (QED) is 0.373. The number of nitrogens with zero attached hydrogens (tertiary/aromatic N) is 4. The Balaban J connectivity index is 1.49. The lowest BCUT2D eigenvalue weighted by atomic mass is 9.74. The molecule has 0 spiro atoms.